The fourth-order valence-electron chi connectivity index (χ4n) is 5.66. The average Bonchev–Trinajstić information content (AvgIpc) is 3.10. The maximum atomic E-state index is 12.7. The Hall–Kier alpha value is -3.36. The minimum Gasteiger partial charge on any atom is -0.479 e. The smallest absolute Gasteiger partial charge is 0.343 e. The molecule has 13 nitrogen and oxygen atoms in total. The van der Waals surface area contributed by atoms with Crippen molar-refractivity contribution in [2.24, 2.45) is 5.92 Å². The Morgan fingerprint density at radius 1 is 1.05 bits per heavy atom. The number of carboxylic acid groups (broad SMARTS) is 3. The summed E-state index contributed by atoms with van der Waals surface area (Å²) in [5.41, 5.74) is -5.25. The maximum Gasteiger partial charge on any atom is 0.343 e. The van der Waals surface area contributed by atoms with Crippen molar-refractivity contribution >= 4 is 23.9 Å². The molecule has 2 bridgehead atoms. The molecule has 1 aromatic carbocycles. The van der Waals surface area contributed by atoms with Crippen LogP contribution < -0.4 is 0 Å². The summed E-state index contributed by atoms with van der Waals surface area (Å²) in [6, 6.07) is 9.37. The summed E-state index contributed by atoms with van der Waals surface area (Å²) in [5.74, 6) is -9.40. The molecule has 2 saturated heterocycles. The molecule has 41 heavy (non-hydrogen) atoms. The van der Waals surface area contributed by atoms with Crippen molar-refractivity contribution in [3.05, 3.63) is 48.0 Å². The molecule has 1 aromatic rings. The van der Waals surface area contributed by atoms with Crippen molar-refractivity contribution in [1.82, 2.24) is 0 Å². The molecule has 13 heteroatoms. The van der Waals surface area contributed by atoms with Crippen LogP contribution in [0.25, 0.3) is 0 Å². The highest BCUT2D eigenvalue weighted by Gasteiger charge is 2.85. The van der Waals surface area contributed by atoms with E-state index in [2.05, 4.69) is 6.58 Å². The van der Waals surface area contributed by atoms with E-state index in [9.17, 15) is 44.7 Å². The summed E-state index contributed by atoms with van der Waals surface area (Å²) in [5, 5.41) is 52.4. The summed E-state index contributed by atoms with van der Waals surface area (Å²) in [7, 11) is 0. The van der Waals surface area contributed by atoms with Crippen molar-refractivity contribution in [2.45, 2.75) is 87.9 Å². The number of carbonyl (C=O) groups excluding carboxylic acids is 1. The van der Waals surface area contributed by atoms with Gasteiger partial charge in [0.2, 0.25) is 17.3 Å². The number of carboxylic acids is 3. The molecule has 2 heterocycles. The van der Waals surface area contributed by atoms with Gasteiger partial charge in [0.05, 0.1) is 0 Å². The number of rotatable bonds is 14. The Morgan fingerprint density at radius 2 is 1.68 bits per heavy atom. The highest BCUT2D eigenvalue weighted by atomic mass is 16.8. The molecule has 0 radical (unpaired) electrons. The number of esters is 1. The van der Waals surface area contributed by atoms with E-state index in [4.69, 9.17) is 18.9 Å². The van der Waals surface area contributed by atoms with Gasteiger partial charge in [-0.3, -0.25) is 4.79 Å². The Morgan fingerprint density at radius 3 is 2.20 bits per heavy atom. The second kappa shape index (κ2) is 12.2. The summed E-state index contributed by atoms with van der Waals surface area (Å²) < 4.78 is 22.1. The summed E-state index contributed by atoms with van der Waals surface area (Å²) >= 11 is 0. The third kappa shape index (κ3) is 5.47. The Labute approximate surface area is 236 Å². The molecular formula is C28H36O13. The predicted molar refractivity (Wildman–Crippen MR) is 139 cm³/mol. The number of ether oxygens (including phenoxy) is 4. The van der Waals surface area contributed by atoms with E-state index in [-0.39, 0.29) is 18.8 Å². The first-order chi connectivity index (χ1) is 19.2. The van der Waals surface area contributed by atoms with E-state index in [0.29, 0.717) is 12.0 Å². The van der Waals surface area contributed by atoms with Crippen molar-refractivity contribution < 1.29 is 63.7 Å². The monoisotopic (exact) mass is 580 g/mol. The lowest BCUT2D eigenvalue weighted by atomic mass is 9.74. The van der Waals surface area contributed by atoms with Crippen LogP contribution in [0.5, 0.6) is 0 Å². The van der Waals surface area contributed by atoms with Crippen LogP contribution in [-0.2, 0) is 44.5 Å². The van der Waals surface area contributed by atoms with Gasteiger partial charge in [0, 0.05) is 25.9 Å². The minimum atomic E-state index is -3.26. The van der Waals surface area contributed by atoms with Gasteiger partial charge in [-0.2, -0.15) is 0 Å². The summed E-state index contributed by atoms with van der Waals surface area (Å²) in [4.78, 5) is 49.5. The highest BCUT2D eigenvalue weighted by molar-refractivity contribution is 5.98. The van der Waals surface area contributed by atoms with Gasteiger partial charge in [-0.05, 0) is 30.4 Å². The third-order valence-corrected chi connectivity index (χ3v) is 7.54. The highest BCUT2D eigenvalue weighted by Crippen LogP contribution is 2.56. The third-order valence-electron chi connectivity index (χ3n) is 7.54. The fraction of sp³-hybridized carbons (Fsp3) is 0.571. The van der Waals surface area contributed by atoms with E-state index in [1.165, 1.54) is 6.92 Å². The molecule has 2 aliphatic rings. The average molecular weight is 581 g/mol. The van der Waals surface area contributed by atoms with E-state index >= 15 is 0 Å². The number of carbonyl (C=O) groups is 4. The number of aliphatic carboxylic acids is 3. The zero-order valence-electron chi connectivity index (χ0n) is 23.0. The quantitative estimate of drug-likeness (QED) is 0.155. The van der Waals surface area contributed by atoms with Gasteiger partial charge in [-0.1, -0.05) is 50.8 Å². The van der Waals surface area contributed by atoms with Crippen molar-refractivity contribution in [1.29, 1.82) is 0 Å². The first-order valence-corrected chi connectivity index (χ1v) is 13.2. The molecule has 8 atom stereocenters. The van der Waals surface area contributed by atoms with Gasteiger partial charge in [0.15, 0.2) is 5.79 Å². The van der Waals surface area contributed by atoms with Crippen LogP contribution in [-0.4, -0.2) is 97.4 Å². The first kappa shape index (κ1) is 32.2. The molecule has 0 aliphatic carbocycles. The van der Waals surface area contributed by atoms with Gasteiger partial charge < -0.3 is 44.5 Å². The predicted octanol–water partition coefficient (Wildman–Crippen LogP) is 1.14. The minimum absolute atomic E-state index is 0.152. The van der Waals surface area contributed by atoms with Crippen LogP contribution in [0.4, 0.5) is 0 Å². The Balaban J connectivity index is 1.98. The first-order valence-electron chi connectivity index (χ1n) is 13.2. The number of hydrogen-bond acceptors (Lipinski definition) is 10. The fourth-order valence-corrected chi connectivity index (χ4v) is 5.66. The van der Waals surface area contributed by atoms with Crippen molar-refractivity contribution in [3.8, 4) is 0 Å². The Bertz CT molecular complexity index is 1170. The number of fused-ring (bicyclic) bond motifs is 2. The second-order valence-corrected chi connectivity index (χ2v) is 10.4. The maximum absolute atomic E-state index is 12.7. The molecule has 5 N–H and O–H groups in total. The molecule has 2 fully saturated rings. The molecular weight excluding hydrogens is 544 g/mol. The van der Waals surface area contributed by atoms with Gasteiger partial charge in [0.1, 0.15) is 18.3 Å². The molecule has 226 valence electrons. The number of aliphatic hydroxyl groups excluding tert-OH is 2. The second-order valence-electron chi connectivity index (χ2n) is 10.4. The van der Waals surface area contributed by atoms with Crippen LogP contribution in [0.15, 0.2) is 42.5 Å². The van der Waals surface area contributed by atoms with Crippen LogP contribution in [0.1, 0.15) is 45.6 Å². The molecule has 2 aliphatic heterocycles. The van der Waals surface area contributed by atoms with E-state index in [1.54, 1.807) is 6.92 Å². The topological polar surface area (TPSA) is 206 Å². The number of hydrogen-bond donors (Lipinski definition) is 5. The summed E-state index contributed by atoms with van der Waals surface area (Å²) in [6.07, 6.45) is -7.99. The molecule has 4 unspecified atom stereocenters. The lowest BCUT2D eigenvalue weighted by Gasteiger charge is -2.50. The zero-order valence-corrected chi connectivity index (χ0v) is 23.0. The van der Waals surface area contributed by atoms with E-state index in [0.717, 1.165) is 5.56 Å². The summed E-state index contributed by atoms with van der Waals surface area (Å²) in [6.45, 7) is 8.19. The standard InChI is InChI=1S/C28H36O13/c1-5-13-38-28(25(36)37)22(23(32)33)40-26(20(30)21(31)27(28,41-26)24(34)35)12-11-15(2)19(39-17(4)29)16(3)14-18-9-7-6-8-10-18/h6-10,16,19-22,30-31H,2,5,11-14H2,1,3-4H3,(H,32,33)(H,34,35)(H,36,37)/t16-,19-,20-,21-,22?,26?,27?,28?/m1/s1. The van der Waals surface area contributed by atoms with Gasteiger partial charge in [0.25, 0.3) is 0 Å². The van der Waals surface area contributed by atoms with Crippen LogP contribution in [0.2, 0.25) is 0 Å². The molecule has 0 amide bonds. The Kier molecular flexibility index (Phi) is 9.61. The van der Waals surface area contributed by atoms with Gasteiger partial charge in [-0.15, -0.1) is 0 Å². The van der Waals surface area contributed by atoms with Gasteiger partial charge in [-0.25, -0.2) is 14.4 Å². The SMILES string of the molecule is C=C(CCC12OC(C(=O)O)C(OCCC)(C(=O)O)C(C(=O)O)(O1)[C@H](O)[C@H]2O)[C@@H](OC(C)=O)[C@H](C)Cc1ccccc1. The van der Waals surface area contributed by atoms with Gasteiger partial charge >= 0.3 is 23.9 Å². The van der Waals surface area contributed by atoms with Crippen LogP contribution >= 0.6 is 0 Å². The lowest BCUT2D eigenvalue weighted by Crippen LogP contribution is -2.78. The van der Waals surface area contributed by atoms with Crippen molar-refractivity contribution in [3.63, 3.8) is 0 Å². The van der Waals surface area contributed by atoms with Crippen molar-refractivity contribution in [2.75, 3.05) is 6.61 Å². The molecule has 0 saturated carbocycles. The molecule has 3 rings (SSSR count). The largest absolute Gasteiger partial charge is 0.479 e. The van der Waals surface area contributed by atoms with Crippen LogP contribution in [0, 0.1) is 5.92 Å². The zero-order chi connectivity index (χ0) is 30.8. The number of aliphatic hydroxyl groups is 2. The van der Waals surface area contributed by atoms with E-state index in [1.807, 2.05) is 37.3 Å². The normalized spacial score (nSPS) is 32.1. The lowest BCUT2D eigenvalue weighted by molar-refractivity contribution is -0.380. The number of benzene rings is 1. The van der Waals surface area contributed by atoms with E-state index < -0.39 is 78.3 Å². The van der Waals surface area contributed by atoms with Crippen LogP contribution in [0.3, 0.4) is 0 Å². The molecule has 0 spiro atoms. The molecule has 0 aromatic heterocycles.